The SMILES string of the molecule is c1ccc2c(c1)-c1ccccc1C1(c3ccccc3-2)c2ccccc2-c2ccc(-c3nc(-c4cccc5oc6ccccc6c45)nc(-c4cccc5oc6ccccc6c45)n3)cc21. The first-order valence-corrected chi connectivity index (χ1v) is 21.3. The Morgan fingerprint density at radius 3 is 1.19 bits per heavy atom. The molecule has 0 aliphatic heterocycles. The van der Waals surface area contributed by atoms with E-state index < -0.39 is 5.41 Å². The molecule has 0 atom stereocenters. The summed E-state index contributed by atoms with van der Waals surface area (Å²) in [6.45, 7) is 0. The molecule has 14 rings (SSSR count). The summed E-state index contributed by atoms with van der Waals surface area (Å²) >= 11 is 0. The largest absolute Gasteiger partial charge is 0.456 e. The van der Waals surface area contributed by atoms with Gasteiger partial charge in [0.25, 0.3) is 0 Å². The predicted molar refractivity (Wildman–Crippen MR) is 252 cm³/mol. The Morgan fingerprint density at radius 1 is 0.286 bits per heavy atom. The molecule has 3 aromatic heterocycles. The van der Waals surface area contributed by atoms with E-state index in [1.807, 2.05) is 60.7 Å². The number of furan rings is 2. The van der Waals surface area contributed by atoms with Crippen molar-refractivity contribution in [1.29, 1.82) is 0 Å². The van der Waals surface area contributed by atoms with Gasteiger partial charge in [-0.25, -0.2) is 15.0 Å². The van der Waals surface area contributed by atoms with Crippen LogP contribution >= 0.6 is 0 Å². The molecule has 2 aliphatic carbocycles. The highest BCUT2D eigenvalue weighted by Gasteiger charge is 2.49. The molecule has 12 aromatic rings. The Hall–Kier alpha value is -8.41. The minimum absolute atomic E-state index is 0.566. The first-order chi connectivity index (χ1) is 31.2. The monoisotopic (exact) mass is 803 g/mol. The fraction of sp³-hybridized carbons (Fsp3) is 0.0172. The molecule has 0 bridgehead atoms. The van der Waals surface area contributed by atoms with Gasteiger partial charge in [0.1, 0.15) is 22.3 Å². The highest BCUT2D eigenvalue weighted by Crippen LogP contribution is 2.61. The van der Waals surface area contributed by atoms with Crippen molar-refractivity contribution in [2.75, 3.05) is 0 Å². The number of rotatable bonds is 3. The van der Waals surface area contributed by atoms with Crippen LogP contribution in [0.25, 0.3) is 111 Å². The first-order valence-electron chi connectivity index (χ1n) is 21.3. The highest BCUT2D eigenvalue weighted by atomic mass is 16.3. The maximum absolute atomic E-state index is 6.39. The van der Waals surface area contributed by atoms with Gasteiger partial charge in [-0.05, 0) is 86.0 Å². The molecular formula is C58H33N3O2. The van der Waals surface area contributed by atoms with E-state index in [9.17, 15) is 0 Å². The number of benzene rings is 9. The van der Waals surface area contributed by atoms with Crippen LogP contribution in [0.1, 0.15) is 22.3 Å². The van der Waals surface area contributed by atoms with Crippen LogP contribution in [0.5, 0.6) is 0 Å². The van der Waals surface area contributed by atoms with Crippen molar-refractivity contribution in [3.63, 3.8) is 0 Å². The lowest BCUT2D eigenvalue weighted by Gasteiger charge is -2.35. The van der Waals surface area contributed by atoms with Gasteiger partial charge in [-0.1, -0.05) is 170 Å². The van der Waals surface area contributed by atoms with Gasteiger partial charge in [0.05, 0.1) is 5.41 Å². The molecule has 292 valence electrons. The predicted octanol–water partition coefficient (Wildman–Crippen LogP) is 14.7. The summed E-state index contributed by atoms with van der Waals surface area (Å²) in [5, 5.41) is 3.97. The fourth-order valence-electron chi connectivity index (χ4n) is 10.9. The Balaban J connectivity index is 1.08. The maximum atomic E-state index is 6.39. The van der Waals surface area contributed by atoms with Crippen LogP contribution in [0, 0.1) is 0 Å². The molecule has 0 unspecified atom stereocenters. The quantitative estimate of drug-likeness (QED) is 0.178. The zero-order valence-electron chi connectivity index (χ0n) is 33.7. The average molecular weight is 804 g/mol. The number of aromatic nitrogens is 3. The molecule has 1 spiro atoms. The van der Waals surface area contributed by atoms with Crippen LogP contribution < -0.4 is 0 Å². The van der Waals surface area contributed by atoms with Crippen molar-refractivity contribution in [2.45, 2.75) is 5.41 Å². The third-order valence-electron chi connectivity index (χ3n) is 13.4. The summed E-state index contributed by atoms with van der Waals surface area (Å²) < 4.78 is 12.8. The number of fused-ring (bicyclic) bond motifs is 18. The number of nitrogens with zero attached hydrogens (tertiary/aromatic N) is 3. The normalized spacial score (nSPS) is 13.2. The molecule has 0 amide bonds. The summed E-state index contributed by atoms with van der Waals surface area (Å²) in [6, 6.07) is 71.1. The molecule has 0 saturated carbocycles. The van der Waals surface area contributed by atoms with Crippen LogP contribution in [0.2, 0.25) is 0 Å². The van der Waals surface area contributed by atoms with Gasteiger partial charge in [0.2, 0.25) is 0 Å². The lowest BCUT2D eigenvalue weighted by molar-refractivity contribution is 0.668. The van der Waals surface area contributed by atoms with Crippen molar-refractivity contribution < 1.29 is 8.83 Å². The summed E-state index contributed by atoms with van der Waals surface area (Å²) in [5.41, 5.74) is 17.5. The molecule has 63 heavy (non-hydrogen) atoms. The smallest absolute Gasteiger partial charge is 0.164 e. The summed E-state index contributed by atoms with van der Waals surface area (Å²) in [4.78, 5) is 16.2. The van der Waals surface area contributed by atoms with E-state index in [2.05, 4.69) is 140 Å². The van der Waals surface area contributed by atoms with E-state index in [0.29, 0.717) is 17.5 Å². The lowest BCUT2D eigenvalue weighted by Crippen LogP contribution is -2.29. The molecule has 0 radical (unpaired) electrons. The number of hydrogen-bond donors (Lipinski definition) is 0. The molecular weight excluding hydrogens is 771 g/mol. The Labute approximate surface area is 361 Å². The van der Waals surface area contributed by atoms with E-state index in [1.165, 1.54) is 55.6 Å². The average Bonchev–Trinajstić information content (AvgIpc) is 4.00. The topological polar surface area (TPSA) is 65.0 Å². The molecule has 0 fully saturated rings. The van der Waals surface area contributed by atoms with E-state index in [1.54, 1.807) is 0 Å². The second-order valence-electron chi connectivity index (χ2n) is 16.6. The minimum atomic E-state index is -0.643. The van der Waals surface area contributed by atoms with Crippen molar-refractivity contribution in [3.05, 3.63) is 222 Å². The van der Waals surface area contributed by atoms with Crippen molar-refractivity contribution in [1.82, 2.24) is 15.0 Å². The fourth-order valence-corrected chi connectivity index (χ4v) is 10.9. The Morgan fingerprint density at radius 2 is 0.667 bits per heavy atom. The molecule has 0 N–H and O–H groups in total. The number of hydrogen-bond acceptors (Lipinski definition) is 5. The van der Waals surface area contributed by atoms with Gasteiger partial charge < -0.3 is 8.83 Å². The lowest BCUT2D eigenvalue weighted by atomic mass is 9.66. The van der Waals surface area contributed by atoms with Crippen molar-refractivity contribution in [3.8, 4) is 67.5 Å². The summed E-state index contributed by atoms with van der Waals surface area (Å²) in [5.74, 6) is 1.71. The van der Waals surface area contributed by atoms with Crippen LogP contribution in [-0.2, 0) is 5.41 Å². The van der Waals surface area contributed by atoms with Gasteiger partial charge in [-0.3, -0.25) is 0 Å². The van der Waals surface area contributed by atoms with Gasteiger partial charge >= 0.3 is 0 Å². The van der Waals surface area contributed by atoms with E-state index in [-0.39, 0.29) is 0 Å². The van der Waals surface area contributed by atoms with Crippen molar-refractivity contribution in [2.24, 2.45) is 0 Å². The first kappa shape index (κ1) is 34.3. The molecule has 2 aliphatic rings. The molecule has 5 nitrogen and oxygen atoms in total. The third-order valence-corrected chi connectivity index (χ3v) is 13.4. The second-order valence-corrected chi connectivity index (χ2v) is 16.6. The summed E-state index contributed by atoms with van der Waals surface area (Å²) in [6.07, 6.45) is 0. The van der Waals surface area contributed by atoms with Gasteiger partial charge in [-0.2, -0.15) is 0 Å². The Bertz CT molecular complexity index is 3690. The van der Waals surface area contributed by atoms with Crippen LogP contribution in [0.3, 0.4) is 0 Å². The second kappa shape index (κ2) is 12.8. The molecule has 5 heteroatoms. The van der Waals surface area contributed by atoms with Crippen molar-refractivity contribution >= 4 is 43.9 Å². The molecule has 3 heterocycles. The zero-order valence-corrected chi connectivity index (χ0v) is 33.7. The maximum Gasteiger partial charge on any atom is 0.164 e. The standard InChI is InChI=1S/C58H33N3O2/c1-2-16-36-35(15-1)37-17-3-8-24-45(37)58(46-25-9-4-18-38(36)46)47-26-10-5-19-39(47)40-32-31-34(33-48(40)58)55-59-56(43-22-13-29-51-53(43)41-20-6-11-27-49(41)62-51)61-57(60-55)44-23-14-30-52-54(44)42-21-7-12-28-50(42)63-52/h1-33H. The zero-order chi connectivity index (χ0) is 41.2. The molecule has 0 saturated heterocycles. The Kier molecular flexibility index (Phi) is 6.97. The van der Waals surface area contributed by atoms with Crippen LogP contribution in [0.15, 0.2) is 209 Å². The van der Waals surface area contributed by atoms with Gasteiger partial charge in [0, 0.05) is 38.2 Å². The highest BCUT2D eigenvalue weighted by molar-refractivity contribution is 6.13. The number of para-hydroxylation sites is 2. The van der Waals surface area contributed by atoms with E-state index >= 15 is 0 Å². The van der Waals surface area contributed by atoms with E-state index in [0.717, 1.165) is 60.6 Å². The van der Waals surface area contributed by atoms with E-state index in [4.69, 9.17) is 23.8 Å². The molecule has 9 aromatic carbocycles. The third kappa shape index (κ3) is 4.68. The summed E-state index contributed by atoms with van der Waals surface area (Å²) in [7, 11) is 0. The van der Waals surface area contributed by atoms with Crippen LogP contribution in [-0.4, -0.2) is 15.0 Å². The van der Waals surface area contributed by atoms with Gasteiger partial charge in [-0.15, -0.1) is 0 Å². The minimum Gasteiger partial charge on any atom is -0.456 e. The van der Waals surface area contributed by atoms with Crippen LogP contribution in [0.4, 0.5) is 0 Å². The van der Waals surface area contributed by atoms with Gasteiger partial charge in [0.15, 0.2) is 17.5 Å².